The van der Waals surface area contributed by atoms with Gasteiger partial charge in [0.25, 0.3) is 0 Å². The van der Waals surface area contributed by atoms with Crippen LogP contribution in [-0.4, -0.2) is 15.0 Å². The minimum Gasteiger partial charge on any atom is -0.398 e. The highest BCUT2D eigenvalue weighted by Gasteiger charge is 2.11. The monoisotopic (exact) mass is 311 g/mol. The maximum absolute atomic E-state index is 11.8. The van der Waals surface area contributed by atoms with Crippen LogP contribution in [0.5, 0.6) is 0 Å². The third-order valence-electron chi connectivity index (χ3n) is 2.73. The number of hydrogen-bond acceptors (Lipinski definition) is 5. The van der Waals surface area contributed by atoms with Crippen LogP contribution in [0.4, 0.5) is 11.4 Å². The molecule has 0 unspecified atom stereocenters. The second kappa shape index (κ2) is 6.25. The van der Waals surface area contributed by atoms with Crippen LogP contribution < -0.4 is 15.8 Å². The molecule has 0 bridgehead atoms. The molecule has 0 aliphatic carbocycles. The minimum atomic E-state index is -3.39. The summed E-state index contributed by atoms with van der Waals surface area (Å²) in [6.07, 6.45) is 0. The first-order chi connectivity index (χ1) is 9.53. The van der Waals surface area contributed by atoms with E-state index in [0.717, 1.165) is 16.3 Å². The normalized spacial score (nSPS) is 11.4. The lowest BCUT2D eigenvalue weighted by molar-refractivity contribution is 0.584. The van der Waals surface area contributed by atoms with Crippen molar-refractivity contribution in [3.63, 3.8) is 0 Å². The topological polar surface area (TPSA) is 84.2 Å². The predicted molar refractivity (Wildman–Crippen MR) is 83.4 cm³/mol. The first kappa shape index (κ1) is 14.8. The van der Waals surface area contributed by atoms with Crippen LogP contribution in [0.25, 0.3) is 0 Å². The van der Waals surface area contributed by atoms with Gasteiger partial charge in [0.05, 0.1) is 11.4 Å². The fourth-order valence-electron chi connectivity index (χ4n) is 1.70. The van der Waals surface area contributed by atoms with E-state index >= 15 is 0 Å². The summed E-state index contributed by atoms with van der Waals surface area (Å²) in [7, 11) is -3.39. The highest BCUT2D eigenvalue weighted by molar-refractivity contribution is 7.89. The number of nitrogens with one attached hydrogen (secondary N) is 2. The maximum Gasteiger partial charge on any atom is 0.240 e. The number of rotatable bonds is 6. The van der Waals surface area contributed by atoms with E-state index in [1.54, 1.807) is 42.5 Å². The van der Waals surface area contributed by atoms with Crippen LogP contribution in [0.1, 0.15) is 11.8 Å². The molecule has 2 aromatic rings. The molecule has 0 radical (unpaired) electrons. The molecule has 0 atom stereocenters. The Kier molecular flexibility index (Phi) is 4.64. The van der Waals surface area contributed by atoms with Gasteiger partial charge in [-0.1, -0.05) is 6.92 Å². The molecule has 5 nitrogen and oxygen atoms in total. The zero-order valence-corrected chi connectivity index (χ0v) is 12.7. The van der Waals surface area contributed by atoms with Crippen LogP contribution in [0.3, 0.4) is 0 Å². The van der Waals surface area contributed by atoms with Gasteiger partial charge in [0.15, 0.2) is 0 Å². The summed E-state index contributed by atoms with van der Waals surface area (Å²) in [5, 5.41) is 5.16. The zero-order valence-electron chi connectivity index (χ0n) is 11.1. The molecule has 2 rings (SSSR count). The molecule has 1 aromatic heterocycles. The Hall–Kier alpha value is -1.57. The van der Waals surface area contributed by atoms with E-state index in [1.165, 1.54) is 0 Å². The molecule has 4 N–H and O–H groups in total. The molecule has 1 heterocycles. The van der Waals surface area contributed by atoms with Gasteiger partial charge in [0.1, 0.15) is 0 Å². The van der Waals surface area contributed by atoms with Crippen molar-refractivity contribution in [2.75, 3.05) is 17.6 Å². The van der Waals surface area contributed by atoms with Crippen molar-refractivity contribution in [2.24, 2.45) is 0 Å². The van der Waals surface area contributed by atoms with Gasteiger partial charge >= 0.3 is 0 Å². The maximum atomic E-state index is 11.8. The van der Waals surface area contributed by atoms with Gasteiger partial charge in [-0.05, 0) is 35.7 Å². The highest BCUT2D eigenvalue weighted by Crippen LogP contribution is 2.21. The third-order valence-corrected chi connectivity index (χ3v) is 5.23. The number of nitrogens with two attached hydrogens (primary N) is 1. The molecule has 108 valence electrons. The third kappa shape index (κ3) is 3.50. The van der Waals surface area contributed by atoms with Gasteiger partial charge < -0.3 is 11.1 Å². The lowest BCUT2D eigenvalue weighted by Gasteiger charge is -2.08. The smallest absolute Gasteiger partial charge is 0.240 e. The second-order valence-electron chi connectivity index (χ2n) is 4.18. The Bertz CT molecular complexity index is 663. The van der Waals surface area contributed by atoms with Crippen LogP contribution in [0, 0.1) is 0 Å². The van der Waals surface area contributed by atoms with Crippen molar-refractivity contribution >= 4 is 32.7 Å². The highest BCUT2D eigenvalue weighted by atomic mass is 32.2. The van der Waals surface area contributed by atoms with Gasteiger partial charge in [-0.15, -0.1) is 11.3 Å². The van der Waals surface area contributed by atoms with E-state index < -0.39 is 10.0 Å². The van der Waals surface area contributed by atoms with Crippen molar-refractivity contribution in [3.8, 4) is 0 Å². The zero-order chi connectivity index (χ0) is 14.6. The summed E-state index contributed by atoms with van der Waals surface area (Å²) < 4.78 is 26.0. The summed E-state index contributed by atoms with van der Waals surface area (Å²) in [4.78, 5) is 1.33. The molecule has 0 amide bonds. The van der Waals surface area contributed by atoms with Crippen molar-refractivity contribution in [2.45, 2.75) is 18.4 Å². The number of anilines is 2. The summed E-state index contributed by atoms with van der Waals surface area (Å²) in [5.41, 5.74) is 7.43. The van der Waals surface area contributed by atoms with Crippen molar-refractivity contribution in [3.05, 3.63) is 40.6 Å². The Labute approximate surface area is 122 Å². The molecule has 0 aliphatic rings. The molecule has 20 heavy (non-hydrogen) atoms. The van der Waals surface area contributed by atoms with Crippen LogP contribution >= 0.6 is 11.3 Å². The van der Waals surface area contributed by atoms with Crippen molar-refractivity contribution < 1.29 is 8.42 Å². The number of thiophene rings is 1. The van der Waals surface area contributed by atoms with Gasteiger partial charge in [0.2, 0.25) is 10.0 Å². The Morgan fingerprint density at radius 1 is 1.20 bits per heavy atom. The number of benzene rings is 1. The molecule has 0 fully saturated rings. The van der Waals surface area contributed by atoms with Gasteiger partial charge in [-0.3, -0.25) is 0 Å². The fourth-order valence-corrected chi connectivity index (χ4v) is 3.48. The molecular formula is C13H17N3O2S2. The quantitative estimate of drug-likeness (QED) is 0.764. The van der Waals surface area contributed by atoms with Gasteiger partial charge in [-0.2, -0.15) is 0 Å². The molecule has 1 aromatic carbocycles. The summed E-state index contributed by atoms with van der Waals surface area (Å²) in [6.45, 7) is 2.75. The number of sulfonamides is 1. The molecule has 7 heteroatoms. The Morgan fingerprint density at radius 2 is 1.90 bits per heavy atom. The van der Waals surface area contributed by atoms with E-state index in [1.807, 2.05) is 11.4 Å². The molecule has 0 spiro atoms. The second-order valence-corrected chi connectivity index (χ2v) is 6.95. The first-order valence-corrected chi connectivity index (χ1v) is 8.54. The standard InChI is InChI=1S/C13H17N3O2S2/c1-2-16-20(17,18)11-5-3-10(4-6-11)15-9-13-12(14)7-8-19-13/h3-8,15-16H,2,9,14H2,1H3. The van der Waals surface area contributed by atoms with Crippen molar-refractivity contribution in [1.82, 2.24) is 4.72 Å². The first-order valence-electron chi connectivity index (χ1n) is 6.18. The van der Waals surface area contributed by atoms with E-state index in [0.29, 0.717) is 13.1 Å². The van der Waals surface area contributed by atoms with Gasteiger partial charge in [0, 0.05) is 22.8 Å². The predicted octanol–water partition coefficient (Wildman–Crippen LogP) is 2.24. The molecular weight excluding hydrogens is 294 g/mol. The van der Waals surface area contributed by atoms with Crippen molar-refractivity contribution in [1.29, 1.82) is 0 Å². The Morgan fingerprint density at radius 3 is 2.45 bits per heavy atom. The lowest BCUT2D eigenvalue weighted by atomic mass is 10.3. The Balaban J connectivity index is 2.04. The summed E-state index contributed by atoms with van der Waals surface area (Å²) >= 11 is 1.59. The molecule has 0 aliphatic heterocycles. The number of hydrogen-bond donors (Lipinski definition) is 3. The van der Waals surface area contributed by atoms with Gasteiger partial charge in [-0.25, -0.2) is 13.1 Å². The fraction of sp³-hybridized carbons (Fsp3) is 0.231. The lowest BCUT2D eigenvalue weighted by Crippen LogP contribution is -2.23. The molecule has 0 saturated carbocycles. The SMILES string of the molecule is CCNS(=O)(=O)c1ccc(NCc2sccc2N)cc1. The average Bonchev–Trinajstić information content (AvgIpc) is 2.82. The van der Waals surface area contributed by atoms with Crippen LogP contribution in [0.15, 0.2) is 40.6 Å². The minimum absolute atomic E-state index is 0.264. The van der Waals surface area contributed by atoms with E-state index in [9.17, 15) is 8.42 Å². The van der Waals surface area contributed by atoms with Crippen LogP contribution in [-0.2, 0) is 16.6 Å². The largest absolute Gasteiger partial charge is 0.398 e. The van der Waals surface area contributed by atoms with E-state index in [4.69, 9.17) is 5.73 Å². The van der Waals surface area contributed by atoms with E-state index in [-0.39, 0.29) is 4.90 Å². The average molecular weight is 311 g/mol. The van der Waals surface area contributed by atoms with Crippen LogP contribution in [0.2, 0.25) is 0 Å². The summed E-state index contributed by atoms with van der Waals surface area (Å²) in [5.74, 6) is 0. The molecule has 0 saturated heterocycles. The van der Waals surface area contributed by atoms with E-state index in [2.05, 4.69) is 10.0 Å². The number of nitrogen functional groups attached to an aromatic ring is 1. The summed E-state index contributed by atoms with van der Waals surface area (Å²) in [6, 6.07) is 8.52.